The molecule has 4 rings (SSSR count). The zero-order valence-electron chi connectivity index (χ0n) is 13.8. The largest absolute Gasteiger partial charge is 0.337 e. The van der Waals surface area contributed by atoms with Crippen molar-refractivity contribution in [2.75, 3.05) is 26.2 Å². The number of hydrogen-bond acceptors (Lipinski definition) is 4. The number of rotatable bonds is 3. The SMILES string of the molecule is O=C(c1cn(Cc2ccccc2)nn1)N1CCC2(CCNC2)CC1. The summed E-state index contributed by atoms with van der Waals surface area (Å²) in [5, 5.41) is 11.6. The summed E-state index contributed by atoms with van der Waals surface area (Å²) < 4.78 is 1.73. The van der Waals surface area contributed by atoms with Gasteiger partial charge in [-0.3, -0.25) is 4.79 Å². The first-order valence-electron chi connectivity index (χ1n) is 8.68. The molecule has 24 heavy (non-hydrogen) atoms. The van der Waals surface area contributed by atoms with E-state index < -0.39 is 0 Å². The quantitative estimate of drug-likeness (QED) is 0.930. The molecule has 0 aliphatic carbocycles. The summed E-state index contributed by atoms with van der Waals surface area (Å²) in [6.45, 7) is 4.50. The van der Waals surface area contributed by atoms with Gasteiger partial charge in [0.05, 0.1) is 12.7 Å². The molecule has 0 atom stereocenters. The predicted molar refractivity (Wildman–Crippen MR) is 90.6 cm³/mol. The van der Waals surface area contributed by atoms with E-state index in [9.17, 15) is 4.79 Å². The van der Waals surface area contributed by atoms with E-state index in [1.807, 2.05) is 35.2 Å². The van der Waals surface area contributed by atoms with Crippen LogP contribution in [-0.4, -0.2) is 52.0 Å². The number of piperidine rings is 1. The number of likely N-dealkylation sites (tertiary alicyclic amines) is 1. The smallest absolute Gasteiger partial charge is 0.276 e. The van der Waals surface area contributed by atoms with Crippen LogP contribution in [0.5, 0.6) is 0 Å². The predicted octanol–water partition coefficient (Wildman–Crippen LogP) is 1.54. The zero-order valence-corrected chi connectivity index (χ0v) is 13.8. The van der Waals surface area contributed by atoms with Gasteiger partial charge in [0.1, 0.15) is 0 Å². The van der Waals surface area contributed by atoms with E-state index in [1.54, 1.807) is 10.9 Å². The van der Waals surface area contributed by atoms with E-state index in [4.69, 9.17) is 0 Å². The van der Waals surface area contributed by atoms with Gasteiger partial charge in [-0.15, -0.1) is 5.10 Å². The molecule has 0 bridgehead atoms. The molecular weight excluding hydrogens is 302 g/mol. The highest BCUT2D eigenvalue weighted by atomic mass is 16.2. The van der Waals surface area contributed by atoms with Gasteiger partial charge >= 0.3 is 0 Å². The number of nitrogens with zero attached hydrogens (tertiary/aromatic N) is 4. The maximum Gasteiger partial charge on any atom is 0.276 e. The Morgan fingerprint density at radius 2 is 1.96 bits per heavy atom. The molecule has 0 saturated carbocycles. The maximum atomic E-state index is 12.7. The summed E-state index contributed by atoms with van der Waals surface area (Å²) in [5.74, 6) is 0.00937. The third kappa shape index (κ3) is 3.06. The summed E-state index contributed by atoms with van der Waals surface area (Å²) in [6, 6.07) is 10.1. The van der Waals surface area contributed by atoms with E-state index in [2.05, 4.69) is 15.6 Å². The average Bonchev–Trinajstić information content (AvgIpc) is 3.26. The van der Waals surface area contributed by atoms with Crippen LogP contribution in [0.25, 0.3) is 0 Å². The van der Waals surface area contributed by atoms with Gasteiger partial charge < -0.3 is 10.2 Å². The van der Waals surface area contributed by atoms with Gasteiger partial charge in [0.25, 0.3) is 5.91 Å². The number of aromatic nitrogens is 3. The molecule has 1 aromatic heterocycles. The fourth-order valence-electron chi connectivity index (χ4n) is 3.81. The Morgan fingerprint density at radius 1 is 1.17 bits per heavy atom. The molecule has 6 heteroatoms. The van der Waals surface area contributed by atoms with Crippen LogP contribution in [0.3, 0.4) is 0 Å². The standard InChI is InChI=1S/C18H23N5O/c24-17(22-10-7-18(8-11-22)6-9-19-14-18)16-13-23(21-20-16)12-15-4-2-1-3-5-15/h1-5,13,19H,6-12,14H2. The molecule has 126 valence electrons. The first-order valence-corrected chi connectivity index (χ1v) is 8.68. The molecule has 1 spiro atoms. The summed E-state index contributed by atoms with van der Waals surface area (Å²) in [5.41, 5.74) is 2.02. The van der Waals surface area contributed by atoms with Gasteiger partial charge in [0, 0.05) is 19.6 Å². The fraction of sp³-hybridized carbons (Fsp3) is 0.500. The van der Waals surface area contributed by atoms with Crippen molar-refractivity contribution < 1.29 is 4.79 Å². The van der Waals surface area contributed by atoms with E-state index in [1.165, 1.54) is 6.42 Å². The molecule has 2 aliphatic heterocycles. The molecular formula is C18H23N5O. The molecule has 2 aromatic rings. The van der Waals surface area contributed by atoms with Crippen LogP contribution in [0.2, 0.25) is 0 Å². The summed E-state index contributed by atoms with van der Waals surface area (Å²) in [7, 11) is 0. The highest BCUT2D eigenvalue weighted by Crippen LogP contribution is 2.37. The number of benzene rings is 1. The Kier molecular flexibility index (Phi) is 4.06. The van der Waals surface area contributed by atoms with Crippen molar-refractivity contribution in [1.29, 1.82) is 0 Å². The van der Waals surface area contributed by atoms with Gasteiger partial charge in [-0.2, -0.15) is 0 Å². The molecule has 2 fully saturated rings. The normalized spacial score (nSPS) is 19.8. The Balaban J connectivity index is 1.38. The second-order valence-electron chi connectivity index (χ2n) is 7.01. The molecule has 1 aromatic carbocycles. The van der Waals surface area contributed by atoms with Crippen LogP contribution in [0.4, 0.5) is 0 Å². The number of amides is 1. The fourth-order valence-corrected chi connectivity index (χ4v) is 3.81. The number of carbonyl (C=O) groups is 1. The van der Waals surface area contributed by atoms with Crippen LogP contribution >= 0.6 is 0 Å². The highest BCUT2D eigenvalue weighted by Gasteiger charge is 2.38. The molecule has 1 N–H and O–H groups in total. The van der Waals surface area contributed by atoms with Crippen molar-refractivity contribution in [1.82, 2.24) is 25.2 Å². The van der Waals surface area contributed by atoms with Gasteiger partial charge in [0.2, 0.25) is 0 Å². The summed E-state index contributed by atoms with van der Waals surface area (Å²) >= 11 is 0. The Bertz CT molecular complexity index is 695. The third-order valence-electron chi connectivity index (χ3n) is 5.39. The molecule has 3 heterocycles. The lowest BCUT2D eigenvalue weighted by atomic mass is 9.78. The number of nitrogens with one attached hydrogen (secondary N) is 1. The highest BCUT2D eigenvalue weighted by molar-refractivity contribution is 5.92. The first-order chi connectivity index (χ1) is 11.7. The molecule has 0 unspecified atom stereocenters. The van der Waals surface area contributed by atoms with Crippen molar-refractivity contribution in [3.63, 3.8) is 0 Å². The van der Waals surface area contributed by atoms with E-state index in [0.29, 0.717) is 17.7 Å². The zero-order chi connectivity index (χ0) is 16.4. The molecule has 0 radical (unpaired) electrons. The third-order valence-corrected chi connectivity index (χ3v) is 5.39. The van der Waals surface area contributed by atoms with E-state index >= 15 is 0 Å². The van der Waals surface area contributed by atoms with Crippen molar-refractivity contribution in [3.05, 3.63) is 47.8 Å². The van der Waals surface area contributed by atoms with Crippen molar-refractivity contribution in [2.45, 2.75) is 25.8 Å². The number of carbonyl (C=O) groups excluding carboxylic acids is 1. The second kappa shape index (κ2) is 6.36. The minimum Gasteiger partial charge on any atom is -0.337 e. The lowest BCUT2D eigenvalue weighted by Crippen LogP contribution is -2.44. The Labute approximate surface area is 141 Å². The molecule has 2 saturated heterocycles. The average molecular weight is 325 g/mol. The van der Waals surface area contributed by atoms with Gasteiger partial charge in [-0.25, -0.2) is 4.68 Å². The Hall–Kier alpha value is -2.21. The maximum absolute atomic E-state index is 12.7. The van der Waals surface area contributed by atoms with Crippen LogP contribution in [-0.2, 0) is 6.54 Å². The van der Waals surface area contributed by atoms with Crippen molar-refractivity contribution >= 4 is 5.91 Å². The molecule has 2 aliphatic rings. The minimum atomic E-state index is 0.00937. The van der Waals surface area contributed by atoms with Gasteiger partial charge in [-0.1, -0.05) is 35.5 Å². The van der Waals surface area contributed by atoms with Crippen molar-refractivity contribution in [2.24, 2.45) is 5.41 Å². The first kappa shape index (κ1) is 15.3. The summed E-state index contributed by atoms with van der Waals surface area (Å²) in [6.07, 6.45) is 5.17. The van der Waals surface area contributed by atoms with E-state index in [0.717, 1.165) is 44.6 Å². The van der Waals surface area contributed by atoms with Crippen LogP contribution in [0.15, 0.2) is 36.5 Å². The minimum absolute atomic E-state index is 0.00937. The number of hydrogen-bond donors (Lipinski definition) is 1. The lowest BCUT2D eigenvalue weighted by Gasteiger charge is -2.38. The molecule has 6 nitrogen and oxygen atoms in total. The van der Waals surface area contributed by atoms with E-state index in [-0.39, 0.29) is 5.91 Å². The van der Waals surface area contributed by atoms with Crippen LogP contribution in [0.1, 0.15) is 35.3 Å². The van der Waals surface area contributed by atoms with Crippen LogP contribution < -0.4 is 5.32 Å². The monoisotopic (exact) mass is 325 g/mol. The Morgan fingerprint density at radius 3 is 2.67 bits per heavy atom. The van der Waals surface area contributed by atoms with Crippen LogP contribution in [0, 0.1) is 5.41 Å². The lowest BCUT2D eigenvalue weighted by molar-refractivity contribution is 0.0602. The van der Waals surface area contributed by atoms with Gasteiger partial charge in [-0.05, 0) is 36.8 Å². The molecule has 1 amide bonds. The summed E-state index contributed by atoms with van der Waals surface area (Å²) in [4.78, 5) is 14.6. The van der Waals surface area contributed by atoms with Crippen molar-refractivity contribution in [3.8, 4) is 0 Å². The topological polar surface area (TPSA) is 63.1 Å². The second-order valence-corrected chi connectivity index (χ2v) is 7.01. The van der Waals surface area contributed by atoms with Gasteiger partial charge in [0.15, 0.2) is 5.69 Å².